The first kappa shape index (κ1) is 7.85. The van der Waals surface area contributed by atoms with Crippen molar-refractivity contribution in [1.29, 1.82) is 5.26 Å². The van der Waals surface area contributed by atoms with Gasteiger partial charge in [0, 0.05) is 6.42 Å². The van der Waals surface area contributed by atoms with Crippen LogP contribution in [0, 0.1) is 40.9 Å². The van der Waals surface area contributed by atoms with Crippen molar-refractivity contribution < 1.29 is 0 Å². The van der Waals surface area contributed by atoms with Crippen LogP contribution in [0.1, 0.15) is 38.5 Å². The lowest BCUT2D eigenvalue weighted by Crippen LogP contribution is -2.22. The van der Waals surface area contributed by atoms with Crippen molar-refractivity contribution in [2.24, 2.45) is 29.6 Å². The van der Waals surface area contributed by atoms with E-state index in [0.717, 1.165) is 36.0 Å². The summed E-state index contributed by atoms with van der Waals surface area (Å²) in [5.41, 5.74) is 0. The molecule has 0 N–H and O–H groups in total. The van der Waals surface area contributed by atoms with Crippen LogP contribution in [0.5, 0.6) is 0 Å². The van der Waals surface area contributed by atoms with Crippen molar-refractivity contribution in [3.05, 3.63) is 0 Å². The Kier molecular flexibility index (Phi) is 1.65. The summed E-state index contributed by atoms with van der Waals surface area (Å²) in [7, 11) is 0. The minimum Gasteiger partial charge on any atom is -0.198 e. The van der Waals surface area contributed by atoms with Gasteiger partial charge in [-0.25, -0.2) is 0 Å². The molecule has 4 saturated carbocycles. The summed E-state index contributed by atoms with van der Waals surface area (Å²) in [5.74, 6) is 5.18. The predicted octanol–water partition coefficient (Wildman–Crippen LogP) is 2.97. The lowest BCUT2D eigenvalue weighted by atomic mass is 9.74. The molecule has 0 aromatic heterocycles. The molecule has 0 aromatic rings. The van der Waals surface area contributed by atoms with Gasteiger partial charge in [-0.3, -0.25) is 0 Å². The molecule has 0 saturated heterocycles. The zero-order valence-corrected chi connectivity index (χ0v) is 8.08. The molecule has 0 heterocycles. The van der Waals surface area contributed by atoms with E-state index >= 15 is 0 Å². The number of hydrogen-bond donors (Lipinski definition) is 0. The van der Waals surface area contributed by atoms with Gasteiger partial charge in [-0.05, 0) is 61.7 Å². The highest BCUT2D eigenvalue weighted by atomic mass is 14.6. The Morgan fingerprint density at radius 2 is 1.92 bits per heavy atom. The summed E-state index contributed by atoms with van der Waals surface area (Å²) in [6.07, 6.45) is 8.06. The molecule has 13 heavy (non-hydrogen) atoms. The summed E-state index contributed by atoms with van der Waals surface area (Å²) in [6.45, 7) is 0. The second-order valence-corrected chi connectivity index (χ2v) is 5.35. The highest BCUT2D eigenvalue weighted by molar-refractivity contribution is 5.03. The van der Waals surface area contributed by atoms with E-state index in [1.165, 1.54) is 32.1 Å². The van der Waals surface area contributed by atoms with E-state index in [1.54, 1.807) is 0 Å². The zero-order valence-electron chi connectivity index (χ0n) is 8.08. The third kappa shape index (κ3) is 1.04. The van der Waals surface area contributed by atoms with E-state index < -0.39 is 0 Å². The van der Waals surface area contributed by atoms with Crippen LogP contribution in [-0.4, -0.2) is 0 Å². The number of nitrogens with zero attached hydrogens (tertiary/aromatic N) is 1. The molecule has 0 radical (unpaired) electrons. The van der Waals surface area contributed by atoms with Crippen LogP contribution in [0.25, 0.3) is 0 Å². The molecule has 0 spiro atoms. The van der Waals surface area contributed by atoms with Crippen LogP contribution in [-0.2, 0) is 0 Å². The molecule has 4 fully saturated rings. The van der Waals surface area contributed by atoms with E-state index in [0.29, 0.717) is 0 Å². The molecule has 4 bridgehead atoms. The molecular weight excluding hydrogens is 158 g/mol. The highest BCUT2D eigenvalue weighted by Gasteiger charge is 2.52. The largest absolute Gasteiger partial charge is 0.198 e. The second kappa shape index (κ2) is 2.74. The topological polar surface area (TPSA) is 23.8 Å². The van der Waals surface area contributed by atoms with Crippen LogP contribution in [0.4, 0.5) is 0 Å². The quantitative estimate of drug-likeness (QED) is 0.633. The van der Waals surface area contributed by atoms with Crippen LogP contribution in [0.3, 0.4) is 0 Å². The van der Waals surface area contributed by atoms with E-state index in [1.807, 2.05) is 0 Å². The summed E-state index contributed by atoms with van der Waals surface area (Å²) in [4.78, 5) is 0. The zero-order chi connectivity index (χ0) is 8.84. The summed E-state index contributed by atoms with van der Waals surface area (Å²) in [5, 5.41) is 8.62. The summed E-state index contributed by atoms with van der Waals surface area (Å²) in [6, 6.07) is 2.31. The maximum atomic E-state index is 8.62. The minimum absolute atomic E-state index is 0.801. The molecule has 4 aliphatic carbocycles. The van der Waals surface area contributed by atoms with Crippen molar-refractivity contribution >= 4 is 0 Å². The first-order chi connectivity index (χ1) is 6.38. The van der Waals surface area contributed by atoms with Crippen molar-refractivity contribution in [3.8, 4) is 6.07 Å². The Hall–Kier alpha value is -0.510. The molecule has 4 aliphatic rings. The number of rotatable bonds is 2. The van der Waals surface area contributed by atoms with Gasteiger partial charge in [-0.2, -0.15) is 5.26 Å². The van der Waals surface area contributed by atoms with E-state index in [2.05, 4.69) is 6.07 Å². The van der Waals surface area contributed by atoms with Crippen molar-refractivity contribution in [3.63, 3.8) is 0 Å². The first-order valence-corrected chi connectivity index (χ1v) is 5.75. The molecule has 1 heteroatoms. The van der Waals surface area contributed by atoms with Gasteiger partial charge in [0.15, 0.2) is 0 Å². The number of hydrogen-bond acceptors (Lipinski definition) is 1. The van der Waals surface area contributed by atoms with Gasteiger partial charge in [-0.1, -0.05) is 0 Å². The Morgan fingerprint density at radius 1 is 1.08 bits per heavy atom. The lowest BCUT2D eigenvalue weighted by molar-refractivity contribution is 0.188. The molecule has 5 unspecified atom stereocenters. The van der Waals surface area contributed by atoms with Gasteiger partial charge < -0.3 is 0 Å². The molecule has 0 amide bonds. The standard InChI is InChI=1S/C12H17N/c13-3-1-2-11-9-4-8-5-10(7-9)12(11)6-8/h8-12H,1-2,4-7H2. The fourth-order valence-corrected chi connectivity index (χ4v) is 4.56. The molecule has 4 rings (SSSR count). The van der Waals surface area contributed by atoms with Gasteiger partial charge in [0.05, 0.1) is 6.07 Å². The van der Waals surface area contributed by atoms with Crippen molar-refractivity contribution in [2.75, 3.05) is 0 Å². The molecular formula is C12H17N. The van der Waals surface area contributed by atoms with Gasteiger partial charge in [0.2, 0.25) is 0 Å². The van der Waals surface area contributed by atoms with E-state index in [9.17, 15) is 0 Å². The van der Waals surface area contributed by atoms with E-state index in [-0.39, 0.29) is 0 Å². The Balaban J connectivity index is 1.74. The van der Waals surface area contributed by atoms with Crippen molar-refractivity contribution in [2.45, 2.75) is 38.5 Å². The van der Waals surface area contributed by atoms with Crippen LogP contribution < -0.4 is 0 Å². The summed E-state index contributed by atoms with van der Waals surface area (Å²) < 4.78 is 0. The van der Waals surface area contributed by atoms with Gasteiger partial charge >= 0.3 is 0 Å². The molecule has 5 atom stereocenters. The fraction of sp³-hybridized carbons (Fsp3) is 0.917. The predicted molar refractivity (Wildman–Crippen MR) is 50.8 cm³/mol. The average molecular weight is 175 g/mol. The Morgan fingerprint density at radius 3 is 2.69 bits per heavy atom. The smallest absolute Gasteiger partial charge is 0.0621 e. The van der Waals surface area contributed by atoms with Crippen LogP contribution >= 0.6 is 0 Å². The van der Waals surface area contributed by atoms with Gasteiger partial charge in [0.25, 0.3) is 0 Å². The minimum atomic E-state index is 0.801. The van der Waals surface area contributed by atoms with Crippen molar-refractivity contribution in [1.82, 2.24) is 0 Å². The normalized spacial score (nSPS) is 51.2. The highest BCUT2D eigenvalue weighted by Crippen LogP contribution is 2.61. The van der Waals surface area contributed by atoms with E-state index in [4.69, 9.17) is 5.26 Å². The molecule has 1 nitrogen and oxygen atoms in total. The SMILES string of the molecule is N#CCCC1C2CC3CC(C2)C1C3. The Labute approximate surface area is 80.1 Å². The maximum Gasteiger partial charge on any atom is 0.0621 e. The van der Waals surface area contributed by atoms with Crippen LogP contribution in [0.15, 0.2) is 0 Å². The maximum absolute atomic E-state index is 8.62. The summed E-state index contributed by atoms with van der Waals surface area (Å²) >= 11 is 0. The lowest BCUT2D eigenvalue weighted by Gasteiger charge is -2.31. The van der Waals surface area contributed by atoms with Gasteiger partial charge in [0.1, 0.15) is 0 Å². The Bertz CT molecular complexity index is 248. The third-order valence-corrected chi connectivity index (χ3v) is 4.83. The average Bonchev–Trinajstić information content (AvgIpc) is 2.53. The second-order valence-electron chi connectivity index (χ2n) is 5.35. The monoisotopic (exact) mass is 175 g/mol. The molecule has 0 aromatic carbocycles. The molecule has 70 valence electrons. The number of nitriles is 1. The fourth-order valence-electron chi connectivity index (χ4n) is 4.56. The van der Waals surface area contributed by atoms with Crippen LogP contribution in [0.2, 0.25) is 0 Å². The van der Waals surface area contributed by atoms with Gasteiger partial charge in [-0.15, -0.1) is 0 Å². The third-order valence-electron chi connectivity index (χ3n) is 4.83. The first-order valence-electron chi connectivity index (χ1n) is 5.75. The molecule has 0 aliphatic heterocycles.